The van der Waals surface area contributed by atoms with E-state index in [0.717, 1.165) is 25.3 Å². The van der Waals surface area contributed by atoms with Crippen molar-refractivity contribution in [2.24, 2.45) is 17.6 Å². The number of carbonyl (C=O) groups excluding carboxylic acids is 1. The lowest BCUT2D eigenvalue weighted by atomic mass is 9.93. The molecule has 1 atom stereocenters. The van der Waals surface area contributed by atoms with Crippen LogP contribution in [0.4, 0.5) is 0 Å². The van der Waals surface area contributed by atoms with Crippen LogP contribution < -0.4 is 5.73 Å². The van der Waals surface area contributed by atoms with Crippen molar-refractivity contribution in [2.75, 3.05) is 27.2 Å². The molecule has 2 N–H and O–H groups in total. The minimum atomic E-state index is -0.790. The summed E-state index contributed by atoms with van der Waals surface area (Å²) in [6.45, 7) is 1.68. The van der Waals surface area contributed by atoms with E-state index in [2.05, 4.69) is 11.9 Å². The molecule has 18 heavy (non-hydrogen) atoms. The van der Waals surface area contributed by atoms with E-state index < -0.39 is 5.54 Å². The molecule has 0 spiro atoms. The summed E-state index contributed by atoms with van der Waals surface area (Å²) in [5, 5.41) is 0. The van der Waals surface area contributed by atoms with E-state index in [4.69, 9.17) is 10.5 Å². The Hall–Kier alpha value is -0.610. The van der Waals surface area contributed by atoms with Crippen LogP contribution in [0.15, 0.2) is 0 Å². The lowest BCUT2D eigenvalue weighted by Crippen LogP contribution is -2.58. The van der Waals surface area contributed by atoms with Crippen LogP contribution in [-0.2, 0) is 9.53 Å². The van der Waals surface area contributed by atoms with E-state index >= 15 is 0 Å². The SMILES string of the molecule is COC(=O)C(N)(CN(C)CC1CCCC1)C1CC1. The molecule has 2 fully saturated rings. The Morgan fingerprint density at radius 2 is 1.94 bits per heavy atom. The van der Waals surface area contributed by atoms with Gasteiger partial charge in [0, 0.05) is 13.1 Å². The summed E-state index contributed by atoms with van der Waals surface area (Å²) in [5.74, 6) is 0.857. The largest absolute Gasteiger partial charge is 0.468 e. The highest BCUT2D eigenvalue weighted by molar-refractivity contribution is 5.81. The summed E-state index contributed by atoms with van der Waals surface area (Å²) in [6.07, 6.45) is 7.47. The molecule has 1 unspecified atom stereocenters. The summed E-state index contributed by atoms with van der Waals surface area (Å²) in [5.41, 5.74) is 5.53. The highest BCUT2D eigenvalue weighted by Crippen LogP contribution is 2.39. The van der Waals surface area contributed by atoms with Crippen LogP contribution in [0.5, 0.6) is 0 Å². The van der Waals surface area contributed by atoms with Crippen molar-refractivity contribution >= 4 is 5.97 Å². The third kappa shape index (κ3) is 3.04. The van der Waals surface area contributed by atoms with Gasteiger partial charge in [0.2, 0.25) is 0 Å². The number of carbonyl (C=O) groups is 1. The molecule has 2 aliphatic carbocycles. The molecule has 0 aromatic rings. The smallest absolute Gasteiger partial charge is 0.327 e. The van der Waals surface area contributed by atoms with Crippen molar-refractivity contribution in [3.63, 3.8) is 0 Å². The first-order chi connectivity index (χ1) is 8.56. The molecule has 4 heteroatoms. The van der Waals surface area contributed by atoms with Gasteiger partial charge in [0.1, 0.15) is 5.54 Å². The van der Waals surface area contributed by atoms with Gasteiger partial charge >= 0.3 is 5.97 Å². The summed E-state index contributed by atoms with van der Waals surface area (Å²) in [6, 6.07) is 0. The molecule has 2 saturated carbocycles. The molecule has 0 bridgehead atoms. The molecule has 0 aromatic carbocycles. The summed E-state index contributed by atoms with van der Waals surface area (Å²) < 4.78 is 4.90. The monoisotopic (exact) mass is 254 g/mol. The van der Waals surface area contributed by atoms with Gasteiger partial charge in [-0.3, -0.25) is 4.79 Å². The Kier molecular flexibility index (Phi) is 4.28. The number of likely N-dealkylation sites (N-methyl/N-ethyl adjacent to an activating group) is 1. The predicted molar refractivity (Wildman–Crippen MR) is 71.1 cm³/mol. The summed E-state index contributed by atoms with van der Waals surface area (Å²) >= 11 is 0. The summed E-state index contributed by atoms with van der Waals surface area (Å²) in [4.78, 5) is 14.1. The van der Waals surface area contributed by atoms with Gasteiger partial charge in [-0.05, 0) is 44.6 Å². The lowest BCUT2D eigenvalue weighted by Gasteiger charge is -2.32. The average Bonchev–Trinajstić information content (AvgIpc) is 3.09. The van der Waals surface area contributed by atoms with Crippen LogP contribution in [0.25, 0.3) is 0 Å². The number of rotatable bonds is 6. The molecule has 0 radical (unpaired) electrons. The third-order valence-electron chi connectivity index (χ3n) is 4.45. The highest BCUT2D eigenvalue weighted by Gasteiger charge is 2.49. The molecule has 2 aliphatic rings. The topological polar surface area (TPSA) is 55.6 Å². The second kappa shape index (κ2) is 5.57. The fourth-order valence-electron chi connectivity index (χ4n) is 3.29. The first-order valence-corrected chi connectivity index (χ1v) is 7.12. The lowest BCUT2D eigenvalue weighted by molar-refractivity contribution is -0.148. The highest BCUT2D eigenvalue weighted by atomic mass is 16.5. The van der Waals surface area contributed by atoms with Crippen molar-refractivity contribution in [3.8, 4) is 0 Å². The number of hydrogen-bond acceptors (Lipinski definition) is 4. The predicted octanol–water partition coefficient (Wildman–Crippen LogP) is 1.39. The number of hydrogen-bond donors (Lipinski definition) is 1. The first-order valence-electron chi connectivity index (χ1n) is 7.12. The Bertz CT molecular complexity index is 298. The van der Waals surface area contributed by atoms with Crippen LogP contribution in [0.2, 0.25) is 0 Å². The number of esters is 1. The Balaban J connectivity index is 1.89. The average molecular weight is 254 g/mol. The van der Waals surface area contributed by atoms with Gasteiger partial charge in [0.05, 0.1) is 7.11 Å². The van der Waals surface area contributed by atoms with Gasteiger partial charge in [-0.1, -0.05) is 12.8 Å². The molecular formula is C14H26N2O2. The van der Waals surface area contributed by atoms with E-state index in [1.807, 2.05) is 0 Å². The van der Waals surface area contributed by atoms with Crippen molar-refractivity contribution < 1.29 is 9.53 Å². The molecule has 104 valence electrons. The van der Waals surface area contributed by atoms with Crippen molar-refractivity contribution in [1.29, 1.82) is 0 Å². The maximum absolute atomic E-state index is 11.9. The number of methoxy groups -OCH3 is 1. The molecule has 0 saturated heterocycles. The molecule has 0 aromatic heterocycles. The quantitative estimate of drug-likeness (QED) is 0.728. The molecule has 4 nitrogen and oxygen atoms in total. The van der Waals surface area contributed by atoms with Gasteiger partial charge < -0.3 is 15.4 Å². The zero-order valence-corrected chi connectivity index (χ0v) is 11.7. The summed E-state index contributed by atoms with van der Waals surface area (Å²) in [7, 11) is 3.51. The van der Waals surface area contributed by atoms with Gasteiger partial charge in [0.25, 0.3) is 0 Å². The molecule has 0 heterocycles. The van der Waals surface area contributed by atoms with Crippen LogP contribution >= 0.6 is 0 Å². The van der Waals surface area contributed by atoms with Gasteiger partial charge in [-0.15, -0.1) is 0 Å². The van der Waals surface area contributed by atoms with Crippen molar-refractivity contribution in [3.05, 3.63) is 0 Å². The van der Waals surface area contributed by atoms with E-state index in [1.165, 1.54) is 32.8 Å². The molecule has 2 rings (SSSR count). The maximum atomic E-state index is 11.9. The second-order valence-corrected chi connectivity index (χ2v) is 6.15. The fraction of sp³-hybridized carbons (Fsp3) is 0.929. The van der Waals surface area contributed by atoms with Crippen LogP contribution in [-0.4, -0.2) is 43.7 Å². The standard InChI is InChI=1S/C14H26N2O2/c1-16(9-11-5-3-4-6-11)10-14(15,12-7-8-12)13(17)18-2/h11-12H,3-10,15H2,1-2H3. The molecular weight excluding hydrogens is 228 g/mol. The number of nitrogens with zero attached hydrogens (tertiary/aromatic N) is 1. The fourth-order valence-corrected chi connectivity index (χ4v) is 3.29. The van der Waals surface area contributed by atoms with E-state index in [-0.39, 0.29) is 5.97 Å². The van der Waals surface area contributed by atoms with E-state index in [9.17, 15) is 4.79 Å². The zero-order chi connectivity index (χ0) is 13.2. The minimum Gasteiger partial charge on any atom is -0.468 e. The Labute approximate surface area is 110 Å². The van der Waals surface area contributed by atoms with Crippen LogP contribution in [0.1, 0.15) is 38.5 Å². The van der Waals surface area contributed by atoms with Crippen LogP contribution in [0.3, 0.4) is 0 Å². The second-order valence-electron chi connectivity index (χ2n) is 6.15. The van der Waals surface area contributed by atoms with Crippen molar-refractivity contribution in [2.45, 2.75) is 44.1 Å². The zero-order valence-electron chi connectivity index (χ0n) is 11.7. The van der Waals surface area contributed by atoms with Gasteiger partial charge in [0.15, 0.2) is 0 Å². The normalized spacial score (nSPS) is 24.2. The van der Waals surface area contributed by atoms with Crippen LogP contribution in [0, 0.1) is 11.8 Å². The van der Waals surface area contributed by atoms with Gasteiger partial charge in [-0.2, -0.15) is 0 Å². The molecule has 0 amide bonds. The third-order valence-corrected chi connectivity index (χ3v) is 4.45. The minimum absolute atomic E-state index is 0.247. The van der Waals surface area contributed by atoms with Gasteiger partial charge in [-0.25, -0.2) is 0 Å². The van der Waals surface area contributed by atoms with Crippen molar-refractivity contribution in [1.82, 2.24) is 4.90 Å². The number of nitrogens with two attached hydrogens (primary N) is 1. The Morgan fingerprint density at radius 3 is 2.44 bits per heavy atom. The Morgan fingerprint density at radius 1 is 1.33 bits per heavy atom. The van der Waals surface area contributed by atoms with E-state index in [0.29, 0.717) is 12.5 Å². The first kappa shape index (κ1) is 13.8. The maximum Gasteiger partial charge on any atom is 0.327 e. The molecule has 0 aliphatic heterocycles. The van der Waals surface area contributed by atoms with E-state index in [1.54, 1.807) is 0 Å². The number of ether oxygens (including phenoxy) is 1.